The molecule has 0 atom stereocenters. The minimum atomic E-state index is -0.810. The van der Waals surface area contributed by atoms with Crippen molar-refractivity contribution in [3.8, 4) is 0 Å². The fraction of sp³-hybridized carbons (Fsp3) is 0.500. The van der Waals surface area contributed by atoms with Crippen LogP contribution in [0.2, 0.25) is 0 Å². The number of hydrogen-bond acceptors (Lipinski definition) is 4. The third-order valence-corrected chi connectivity index (χ3v) is 3.34. The summed E-state index contributed by atoms with van der Waals surface area (Å²) in [5, 5.41) is 12.2. The first-order chi connectivity index (χ1) is 9.15. The van der Waals surface area contributed by atoms with Crippen LogP contribution < -0.4 is 10.2 Å². The lowest BCUT2D eigenvalue weighted by atomic mass is 10.1. The molecule has 0 saturated carbocycles. The Hall–Kier alpha value is -1.59. The van der Waals surface area contributed by atoms with Crippen LogP contribution in [0.1, 0.15) is 5.56 Å². The van der Waals surface area contributed by atoms with Gasteiger partial charge in [-0.2, -0.15) is 0 Å². The van der Waals surface area contributed by atoms with Crippen molar-refractivity contribution in [1.82, 2.24) is 10.2 Å². The number of carbonyl (C=O) groups is 1. The van der Waals surface area contributed by atoms with Gasteiger partial charge in [0.05, 0.1) is 0 Å². The number of nitrogens with one attached hydrogen (secondary N) is 1. The molecular formula is C14H21N3O2. The Morgan fingerprint density at radius 3 is 2.84 bits per heavy atom. The molecule has 1 heterocycles. The van der Waals surface area contributed by atoms with Crippen molar-refractivity contribution < 1.29 is 9.90 Å². The first-order valence-electron chi connectivity index (χ1n) is 6.60. The predicted molar refractivity (Wildman–Crippen MR) is 75.5 cm³/mol. The van der Waals surface area contributed by atoms with E-state index in [1.807, 2.05) is 12.1 Å². The van der Waals surface area contributed by atoms with Crippen LogP contribution in [-0.2, 0) is 11.3 Å². The zero-order chi connectivity index (χ0) is 13.7. The normalized spacial score (nSPS) is 16.3. The van der Waals surface area contributed by atoms with E-state index < -0.39 is 5.97 Å². The number of piperazine rings is 1. The number of rotatable bonds is 5. The Labute approximate surface area is 113 Å². The Morgan fingerprint density at radius 2 is 2.16 bits per heavy atom. The third kappa shape index (κ3) is 4.22. The fourth-order valence-electron chi connectivity index (χ4n) is 2.31. The monoisotopic (exact) mass is 263 g/mol. The van der Waals surface area contributed by atoms with E-state index in [0.717, 1.165) is 38.4 Å². The fourth-order valence-corrected chi connectivity index (χ4v) is 2.31. The molecule has 2 N–H and O–H groups in total. The highest BCUT2D eigenvalue weighted by molar-refractivity contribution is 5.73. The van der Waals surface area contributed by atoms with Crippen molar-refractivity contribution in [2.24, 2.45) is 0 Å². The second-order valence-electron chi connectivity index (χ2n) is 4.95. The molecule has 104 valence electrons. The van der Waals surface area contributed by atoms with Crippen LogP contribution in [-0.4, -0.2) is 55.7 Å². The number of nitrogens with zero attached hydrogens (tertiary/aromatic N) is 2. The van der Waals surface area contributed by atoms with E-state index in [4.69, 9.17) is 5.11 Å². The van der Waals surface area contributed by atoms with Gasteiger partial charge in [-0.3, -0.25) is 9.69 Å². The van der Waals surface area contributed by atoms with Crippen molar-refractivity contribution in [2.75, 3.05) is 44.7 Å². The zero-order valence-electron chi connectivity index (χ0n) is 11.3. The Balaban J connectivity index is 1.99. The van der Waals surface area contributed by atoms with Gasteiger partial charge < -0.3 is 15.3 Å². The summed E-state index contributed by atoms with van der Waals surface area (Å²) in [6.45, 7) is 5.16. The van der Waals surface area contributed by atoms with Gasteiger partial charge in [-0.15, -0.1) is 0 Å². The Morgan fingerprint density at radius 1 is 1.42 bits per heavy atom. The maximum absolute atomic E-state index is 10.7. The number of anilines is 1. The molecule has 19 heavy (non-hydrogen) atoms. The second kappa shape index (κ2) is 6.54. The maximum atomic E-state index is 10.7. The van der Waals surface area contributed by atoms with E-state index >= 15 is 0 Å². The Kier molecular flexibility index (Phi) is 4.76. The molecule has 5 heteroatoms. The molecule has 0 aliphatic carbocycles. The number of aliphatic carboxylic acids is 1. The molecule has 1 aliphatic rings. The highest BCUT2D eigenvalue weighted by Crippen LogP contribution is 2.16. The largest absolute Gasteiger partial charge is 0.480 e. The van der Waals surface area contributed by atoms with Crippen LogP contribution in [0.5, 0.6) is 0 Å². The lowest BCUT2D eigenvalue weighted by Crippen LogP contribution is -2.42. The summed E-state index contributed by atoms with van der Waals surface area (Å²) in [4.78, 5) is 14.9. The SMILES string of the molecule is CN(CC(=O)O)c1cccc(CN2CCNCC2)c1. The molecule has 0 bridgehead atoms. The first kappa shape index (κ1) is 13.8. The second-order valence-corrected chi connectivity index (χ2v) is 4.95. The summed E-state index contributed by atoms with van der Waals surface area (Å²) in [6, 6.07) is 8.11. The summed E-state index contributed by atoms with van der Waals surface area (Å²) >= 11 is 0. The van der Waals surface area contributed by atoms with Gasteiger partial charge in [0.25, 0.3) is 0 Å². The molecule has 2 rings (SSSR count). The van der Waals surface area contributed by atoms with Gasteiger partial charge in [0.2, 0.25) is 0 Å². The number of benzene rings is 1. The van der Waals surface area contributed by atoms with Crippen molar-refractivity contribution >= 4 is 11.7 Å². The Bertz CT molecular complexity index is 430. The van der Waals surface area contributed by atoms with Crippen molar-refractivity contribution in [3.63, 3.8) is 0 Å². The highest BCUT2D eigenvalue weighted by atomic mass is 16.4. The summed E-state index contributed by atoms with van der Waals surface area (Å²) < 4.78 is 0. The van der Waals surface area contributed by atoms with Gasteiger partial charge in [0.15, 0.2) is 0 Å². The van der Waals surface area contributed by atoms with Crippen LogP contribution in [0.15, 0.2) is 24.3 Å². The van der Waals surface area contributed by atoms with Crippen LogP contribution in [0.25, 0.3) is 0 Å². The van der Waals surface area contributed by atoms with E-state index in [1.165, 1.54) is 5.56 Å². The molecule has 0 spiro atoms. The molecule has 1 aromatic rings. The summed E-state index contributed by atoms with van der Waals surface area (Å²) in [5.41, 5.74) is 2.19. The summed E-state index contributed by atoms with van der Waals surface area (Å²) in [5.74, 6) is -0.810. The molecule has 5 nitrogen and oxygen atoms in total. The minimum absolute atomic E-state index is 0.0249. The van der Waals surface area contributed by atoms with E-state index in [1.54, 1.807) is 11.9 Å². The van der Waals surface area contributed by atoms with Gasteiger partial charge in [-0.1, -0.05) is 12.1 Å². The predicted octanol–water partition coefficient (Wildman–Crippen LogP) is 0.613. The zero-order valence-corrected chi connectivity index (χ0v) is 11.3. The lowest BCUT2D eigenvalue weighted by Gasteiger charge is -2.27. The first-order valence-corrected chi connectivity index (χ1v) is 6.60. The average molecular weight is 263 g/mol. The van der Waals surface area contributed by atoms with Crippen molar-refractivity contribution in [1.29, 1.82) is 0 Å². The topological polar surface area (TPSA) is 55.8 Å². The van der Waals surface area contributed by atoms with Gasteiger partial charge in [-0.25, -0.2) is 0 Å². The van der Waals surface area contributed by atoms with Gasteiger partial charge in [-0.05, 0) is 17.7 Å². The number of carboxylic acids is 1. The summed E-state index contributed by atoms with van der Waals surface area (Å²) in [6.07, 6.45) is 0. The standard InChI is InChI=1S/C14H21N3O2/c1-16(11-14(18)19)13-4-2-3-12(9-13)10-17-7-5-15-6-8-17/h2-4,9,15H,5-8,10-11H2,1H3,(H,18,19). The van der Waals surface area contributed by atoms with Crippen molar-refractivity contribution in [3.05, 3.63) is 29.8 Å². The molecule has 1 aromatic carbocycles. The van der Waals surface area contributed by atoms with Gasteiger partial charge in [0.1, 0.15) is 6.54 Å². The average Bonchev–Trinajstić information content (AvgIpc) is 2.39. The maximum Gasteiger partial charge on any atom is 0.323 e. The van der Waals surface area contributed by atoms with E-state index in [9.17, 15) is 4.79 Å². The van der Waals surface area contributed by atoms with E-state index in [2.05, 4.69) is 22.3 Å². The molecule has 0 aromatic heterocycles. The number of likely N-dealkylation sites (N-methyl/N-ethyl adjacent to an activating group) is 1. The summed E-state index contributed by atoms with van der Waals surface area (Å²) in [7, 11) is 1.80. The van der Waals surface area contributed by atoms with Crippen LogP contribution >= 0.6 is 0 Å². The van der Waals surface area contributed by atoms with Gasteiger partial charge in [0, 0.05) is 45.5 Å². The number of hydrogen-bond donors (Lipinski definition) is 2. The van der Waals surface area contributed by atoms with Crippen molar-refractivity contribution in [2.45, 2.75) is 6.54 Å². The highest BCUT2D eigenvalue weighted by Gasteiger charge is 2.11. The molecule has 0 amide bonds. The minimum Gasteiger partial charge on any atom is -0.480 e. The quantitative estimate of drug-likeness (QED) is 0.815. The molecule has 0 unspecified atom stereocenters. The smallest absolute Gasteiger partial charge is 0.323 e. The third-order valence-electron chi connectivity index (χ3n) is 3.34. The molecule has 1 aliphatic heterocycles. The molecule has 1 saturated heterocycles. The van der Waals surface area contributed by atoms with E-state index in [-0.39, 0.29) is 6.54 Å². The molecule has 1 fully saturated rings. The number of carboxylic acid groups (broad SMARTS) is 1. The van der Waals surface area contributed by atoms with Crippen LogP contribution in [0.3, 0.4) is 0 Å². The lowest BCUT2D eigenvalue weighted by molar-refractivity contribution is -0.135. The molecule has 0 radical (unpaired) electrons. The van der Waals surface area contributed by atoms with Gasteiger partial charge >= 0.3 is 5.97 Å². The van der Waals surface area contributed by atoms with Crippen LogP contribution in [0.4, 0.5) is 5.69 Å². The van der Waals surface area contributed by atoms with E-state index in [0.29, 0.717) is 0 Å². The van der Waals surface area contributed by atoms with Crippen LogP contribution in [0, 0.1) is 0 Å². The molecular weight excluding hydrogens is 242 g/mol.